The maximum absolute atomic E-state index is 12.3. The molecule has 0 spiro atoms. The zero-order chi connectivity index (χ0) is 16.8. The van der Waals surface area contributed by atoms with Gasteiger partial charge in [-0.15, -0.1) is 11.3 Å². The molecule has 0 saturated heterocycles. The largest absolute Gasteiger partial charge is 0.442 e. The van der Waals surface area contributed by atoms with Crippen molar-refractivity contribution < 1.29 is 9.21 Å². The van der Waals surface area contributed by atoms with Crippen LogP contribution in [0, 0.1) is 0 Å². The minimum absolute atomic E-state index is 0.200. The third kappa shape index (κ3) is 3.83. The summed E-state index contributed by atoms with van der Waals surface area (Å²) >= 11 is 1.52. The predicted octanol–water partition coefficient (Wildman–Crippen LogP) is 3.66. The molecule has 1 aromatic carbocycles. The van der Waals surface area contributed by atoms with Crippen molar-refractivity contribution in [3.05, 3.63) is 59.9 Å². The first-order valence-corrected chi connectivity index (χ1v) is 8.65. The summed E-state index contributed by atoms with van der Waals surface area (Å²) in [6.07, 6.45) is 2.16. The lowest BCUT2D eigenvalue weighted by atomic mass is 10.2. The summed E-state index contributed by atoms with van der Waals surface area (Å²) in [6.45, 7) is 1.45. The monoisotopic (exact) mass is 341 g/mol. The van der Waals surface area contributed by atoms with Crippen molar-refractivity contribution in [2.45, 2.75) is 6.42 Å². The molecule has 6 heteroatoms. The Kier molecular flexibility index (Phi) is 5.28. The lowest BCUT2D eigenvalue weighted by Crippen LogP contribution is -2.28. The van der Waals surface area contributed by atoms with Gasteiger partial charge in [0.25, 0.3) is 5.91 Å². The Hall–Kier alpha value is -2.60. The van der Waals surface area contributed by atoms with Crippen LogP contribution in [-0.4, -0.2) is 31.0 Å². The fourth-order valence-electron chi connectivity index (χ4n) is 2.40. The summed E-state index contributed by atoms with van der Waals surface area (Å²) in [4.78, 5) is 19.4. The lowest BCUT2D eigenvalue weighted by molar-refractivity contribution is 0.0949. The van der Waals surface area contributed by atoms with E-state index in [1.165, 1.54) is 23.4 Å². The van der Waals surface area contributed by atoms with E-state index in [0.717, 1.165) is 17.8 Å². The Bertz CT molecular complexity index is 769. The van der Waals surface area contributed by atoms with Crippen LogP contribution in [0.2, 0.25) is 0 Å². The Labute approximate surface area is 144 Å². The van der Waals surface area contributed by atoms with Gasteiger partial charge in [0.05, 0.1) is 4.88 Å². The first-order valence-electron chi connectivity index (χ1n) is 7.77. The Morgan fingerprint density at radius 2 is 2.08 bits per heavy atom. The predicted molar refractivity (Wildman–Crippen MR) is 96.5 cm³/mol. The molecule has 0 unspecified atom stereocenters. The van der Waals surface area contributed by atoms with E-state index in [1.54, 1.807) is 0 Å². The highest BCUT2D eigenvalue weighted by Gasteiger charge is 2.18. The number of thiophene rings is 1. The smallest absolute Gasteiger partial charge is 0.273 e. The average molecular weight is 341 g/mol. The molecule has 0 aliphatic heterocycles. The molecule has 2 aromatic heterocycles. The number of rotatable bonds is 7. The van der Waals surface area contributed by atoms with Gasteiger partial charge in [0, 0.05) is 25.8 Å². The number of nitrogens with zero attached hydrogens (tertiary/aromatic N) is 2. The number of nitrogens with one attached hydrogen (secondary N) is 1. The summed E-state index contributed by atoms with van der Waals surface area (Å²) in [5.41, 5.74) is 1.51. The molecule has 0 saturated carbocycles. The minimum atomic E-state index is -0.200. The molecular weight excluding hydrogens is 322 g/mol. The van der Waals surface area contributed by atoms with Crippen LogP contribution in [-0.2, 0) is 0 Å². The van der Waals surface area contributed by atoms with Crippen LogP contribution in [0.25, 0.3) is 10.6 Å². The number of para-hydroxylation sites is 1. The first kappa shape index (κ1) is 16.3. The minimum Gasteiger partial charge on any atom is -0.442 e. The molecule has 5 nitrogen and oxygen atoms in total. The molecule has 0 radical (unpaired) electrons. The summed E-state index contributed by atoms with van der Waals surface area (Å²) in [7, 11) is 2.05. The summed E-state index contributed by atoms with van der Waals surface area (Å²) < 4.78 is 5.36. The Balaban J connectivity index is 1.49. The molecule has 3 aromatic rings. The van der Waals surface area contributed by atoms with Gasteiger partial charge in [-0.25, -0.2) is 4.98 Å². The SMILES string of the molecule is CN(CCCNC(=O)c1ncoc1-c1cccs1)c1ccccc1. The van der Waals surface area contributed by atoms with Crippen LogP contribution in [0.3, 0.4) is 0 Å². The Morgan fingerprint density at radius 3 is 2.83 bits per heavy atom. The number of amides is 1. The van der Waals surface area contributed by atoms with E-state index in [4.69, 9.17) is 4.42 Å². The van der Waals surface area contributed by atoms with Gasteiger partial charge in [0.2, 0.25) is 0 Å². The van der Waals surface area contributed by atoms with Crippen molar-refractivity contribution in [3.8, 4) is 10.6 Å². The average Bonchev–Trinajstić information content (AvgIpc) is 3.29. The molecule has 1 amide bonds. The highest BCUT2D eigenvalue weighted by molar-refractivity contribution is 7.13. The van der Waals surface area contributed by atoms with Gasteiger partial charge >= 0.3 is 0 Å². The molecule has 2 heterocycles. The number of carbonyl (C=O) groups excluding carboxylic acids is 1. The normalized spacial score (nSPS) is 10.5. The number of hydrogen-bond acceptors (Lipinski definition) is 5. The molecule has 0 atom stereocenters. The molecular formula is C18H19N3O2S. The molecule has 0 fully saturated rings. The van der Waals surface area contributed by atoms with Gasteiger partial charge in [-0.05, 0) is 30.0 Å². The van der Waals surface area contributed by atoms with Crippen molar-refractivity contribution >= 4 is 22.9 Å². The van der Waals surface area contributed by atoms with E-state index >= 15 is 0 Å². The molecule has 3 rings (SSSR count). The molecule has 124 valence electrons. The Morgan fingerprint density at radius 1 is 1.25 bits per heavy atom. The number of anilines is 1. The number of benzene rings is 1. The fourth-order valence-corrected chi connectivity index (χ4v) is 3.12. The van der Waals surface area contributed by atoms with Crippen LogP contribution < -0.4 is 10.2 Å². The molecule has 0 aliphatic carbocycles. The summed E-state index contributed by atoms with van der Waals surface area (Å²) in [5, 5.41) is 4.85. The molecule has 24 heavy (non-hydrogen) atoms. The molecule has 0 bridgehead atoms. The summed E-state index contributed by atoms with van der Waals surface area (Å²) in [6, 6.07) is 14.0. The van der Waals surface area contributed by atoms with Gasteiger partial charge in [0.15, 0.2) is 17.8 Å². The van der Waals surface area contributed by atoms with Crippen LogP contribution in [0.1, 0.15) is 16.9 Å². The van der Waals surface area contributed by atoms with E-state index in [9.17, 15) is 4.79 Å². The highest BCUT2D eigenvalue weighted by atomic mass is 32.1. The second kappa shape index (κ2) is 7.79. The van der Waals surface area contributed by atoms with E-state index in [1.807, 2.05) is 42.8 Å². The van der Waals surface area contributed by atoms with Crippen molar-refractivity contribution in [2.24, 2.45) is 0 Å². The third-order valence-corrected chi connectivity index (χ3v) is 4.55. The van der Waals surface area contributed by atoms with E-state index in [2.05, 4.69) is 27.3 Å². The lowest BCUT2D eigenvalue weighted by Gasteiger charge is -2.19. The van der Waals surface area contributed by atoms with Crippen molar-refractivity contribution in [1.29, 1.82) is 0 Å². The van der Waals surface area contributed by atoms with Crippen molar-refractivity contribution in [1.82, 2.24) is 10.3 Å². The molecule has 1 N–H and O–H groups in total. The maximum atomic E-state index is 12.3. The van der Waals surface area contributed by atoms with Crippen LogP contribution in [0.15, 0.2) is 58.7 Å². The van der Waals surface area contributed by atoms with E-state index < -0.39 is 0 Å². The molecule has 0 aliphatic rings. The third-order valence-electron chi connectivity index (χ3n) is 3.68. The number of oxazole rings is 1. The van der Waals surface area contributed by atoms with Crippen LogP contribution >= 0.6 is 11.3 Å². The number of hydrogen-bond donors (Lipinski definition) is 1. The van der Waals surface area contributed by atoms with Gasteiger partial charge in [-0.3, -0.25) is 4.79 Å². The zero-order valence-corrected chi connectivity index (χ0v) is 14.3. The maximum Gasteiger partial charge on any atom is 0.273 e. The number of carbonyl (C=O) groups is 1. The second-order valence-electron chi connectivity index (χ2n) is 5.37. The van der Waals surface area contributed by atoms with Gasteiger partial charge in [-0.2, -0.15) is 0 Å². The van der Waals surface area contributed by atoms with Crippen LogP contribution in [0.4, 0.5) is 5.69 Å². The van der Waals surface area contributed by atoms with E-state index in [-0.39, 0.29) is 5.91 Å². The van der Waals surface area contributed by atoms with Gasteiger partial charge < -0.3 is 14.6 Å². The summed E-state index contributed by atoms with van der Waals surface area (Å²) in [5.74, 6) is 0.332. The van der Waals surface area contributed by atoms with Gasteiger partial charge in [0.1, 0.15) is 0 Å². The van der Waals surface area contributed by atoms with Crippen LogP contribution in [0.5, 0.6) is 0 Å². The highest BCUT2D eigenvalue weighted by Crippen LogP contribution is 2.27. The van der Waals surface area contributed by atoms with Gasteiger partial charge in [-0.1, -0.05) is 24.3 Å². The van der Waals surface area contributed by atoms with Crippen molar-refractivity contribution in [3.63, 3.8) is 0 Å². The zero-order valence-electron chi connectivity index (χ0n) is 13.4. The fraction of sp³-hybridized carbons (Fsp3) is 0.222. The van der Waals surface area contributed by atoms with Crippen molar-refractivity contribution in [2.75, 3.05) is 25.0 Å². The second-order valence-corrected chi connectivity index (χ2v) is 6.32. The quantitative estimate of drug-likeness (QED) is 0.666. The topological polar surface area (TPSA) is 58.4 Å². The number of aromatic nitrogens is 1. The van der Waals surface area contributed by atoms with E-state index in [0.29, 0.717) is 18.0 Å². The standard InChI is InChI=1S/C18H19N3O2S/c1-21(14-7-3-2-4-8-14)11-6-10-19-18(22)16-17(23-13-20-16)15-9-5-12-24-15/h2-5,7-9,12-13H,6,10-11H2,1H3,(H,19,22). The first-order chi connectivity index (χ1) is 11.8.